The monoisotopic (exact) mass is 490 g/mol. The van der Waals surface area contributed by atoms with E-state index in [0.29, 0.717) is 34.5 Å². The lowest BCUT2D eigenvalue weighted by atomic mass is 9.83. The van der Waals surface area contributed by atoms with E-state index in [-0.39, 0.29) is 25.9 Å². The van der Waals surface area contributed by atoms with Crippen LogP contribution in [-0.2, 0) is 14.3 Å². The maximum atomic E-state index is 11.7. The fourth-order valence-electron chi connectivity index (χ4n) is 4.70. The summed E-state index contributed by atoms with van der Waals surface area (Å²) in [7, 11) is 6.14. The minimum absolute atomic E-state index is 0.0584. The van der Waals surface area contributed by atoms with E-state index in [9.17, 15) is 9.90 Å². The molecule has 190 valence electrons. The second kappa shape index (κ2) is 10.5. The Labute approximate surface area is 203 Å². The lowest BCUT2D eigenvalue weighted by Crippen LogP contribution is -2.25. The van der Waals surface area contributed by atoms with Gasteiger partial charge < -0.3 is 43.0 Å². The van der Waals surface area contributed by atoms with Gasteiger partial charge >= 0.3 is 5.97 Å². The molecule has 2 aliphatic rings. The first kappa shape index (κ1) is 24.7. The normalized spacial score (nSPS) is 22.6. The smallest absolute Gasteiger partial charge is 0.302 e. The number of fused-ring (bicyclic) bond motifs is 1. The molecule has 0 radical (unpaired) electrons. The van der Waals surface area contributed by atoms with Crippen LogP contribution in [-0.4, -0.2) is 59.5 Å². The third kappa shape index (κ3) is 4.63. The van der Waals surface area contributed by atoms with E-state index >= 15 is 0 Å². The topological polar surface area (TPSA) is 111 Å². The van der Waals surface area contributed by atoms with Crippen molar-refractivity contribution in [2.45, 2.75) is 19.1 Å². The Bertz CT molecular complexity index is 1040. The van der Waals surface area contributed by atoms with Gasteiger partial charge in [-0.2, -0.15) is 0 Å². The van der Waals surface area contributed by atoms with Crippen LogP contribution in [0.25, 0.3) is 0 Å². The van der Waals surface area contributed by atoms with Crippen LogP contribution in [0.4, 0.5) is 0 Å². The van der Waals surface area contributed by atoms with Crippen LogP contribution in [0.15, 0.2) is 24.3 Å². The Balaban J connectivity index is 1.78. The van der Waals surface area contributed by atoms with Crippen molar-refractivity contribution in [3.8, 4) is 34.5 Å². The van der Waals surface area contributed by atoms with Gasteiger partial charge in [-0.05, 0) is 35.4 Å². The van der Waals surface area contributed by atoms with E-state index in [4.69, 9.17) is 37.9 Å². The number of aliphatic hydroxyl groups is 1. The number of benzene rings is 2. The number of carbonyl (C=O) groups is 1. The molecule has 0 aromatic heterocycles. The number of aliphatic hydroxyl groups excluding tert-OH is 1. The van der Waals surface area contributed by atoms with Crippen LogP contribution in [0.3, 0.4) is 0 Å². The fourth-order valence-corrected chi connectivity index (χ4v) is 4.70. The standard InChI is InChI=1S/C25H30O10/c1-13(27)32-11-17-16(10-26)22(14-6-18(28-2)24(31-5)19(7-14)29-3)35-23(17)15-8-20(30-4)25-21(9-15)33-12-34-25/h6-9,16-17,22-23,26H,10-12H2,1-5H3/t16-,17-,22+,23+/m0/s1. The summed E-state index contributed by atoms with van der Waals surface area (Å²) in [4.78, 5) is 11.7. The molecule has 35 heavy (non-hydrogen) atoms. The van der Waals surface area contributed by atoms with Crippen LogP contribution in [0.1, 0.15) is 30.3 Å². The van der Waals surface area contributed by atoms with E-state index < -0.39 is 24.1 Å². The third-order valence-electron chi connectivity index (χ3n) is 6.34. The summed E-state index contributed by atoms with van der Waals surface area (Å²) in [6, 6.07) is 7.22. The molecule has 2 heterocycles. The van der Waals surface area contributed by atoms with Crippen molar-refractivity contribution in [2.24, 2.45) is 11.8 Å². The number of hydrogen-bond acceptors (Lipinski definition) is 10. The molecule has 0 spiro atoms. The number of hydrogen-bond donors (Lipinski definition) is 1. The Hall–Kier alpha value is -3.37. The number of methoxy groups -OCH3 is 4. The number of rotatable bonds is 9. The van der Waals surface area contributed by atoms with E-state index in [1.54, 1.807) is 19.2 Å². The van der Waals surface area contributed by atoms with Gasteiger partial charge in [-0.1, -0.05) is 0 Å². The maximum absolute atomic E-state index is 11.7. The average molecular weight is 491 g/mol. The van der Waals surface area contributed by atoms with Crippen molar-refractivity contribution in [1.29, 1.82) is 0 Å². The van der Waals surface area contributed by atoms with Gasteiger partial charge in [-0.3, -0.25) is 4.79 Å². The second-order valence-corrected chi connectivity index (χ2v) is 8.21. The predicted octanol–water partition coefficient (Wildman–Crippen LogP) is 3.05. The first-order chi connectivity index (χ1) is 16.9. The van der Waals surface area contributed by atoms with Crippen molar-refractivity contribution in [2.75, 3.05) is 48.4 Å². The number of ether oxygens (including phenoxy) is 8. The van der Waals surface area contributed by atoms with Gasteiger partial charge in [0, 0.05) is 25.4 Å². The number of esters is 1. The van der Waals surface area contributed by atoms with Gasteiger partial charge in [0.05, 0.1) is 47.3 Å². The molecule has 10 nitrogen and oxygen atoms in total. The zero-order valence-electron chi connectivity index (χ0n) is 20.4. The molecular formula is C25H30O10. The predicted molar refractivity (Wildman–Crippen MR) is 122 cm³/mol. The van der Waals surface area contributed by atoms with Crippen LogP contribution in [0.2, 0.25) is 0 Å². The largest absolute Gasteiger partial charge is 0.493 e. The van der Waals surface area contributed by atoms with Crippen molar-refractivity contribution in [3.05, 3.63) is 35.4 Å². The highest BCUT2D eigenvalue weighted by molar-refractivity contribution is 5.66. The van der Waals surface area contributed by atoms with Crippen LogP contribution in [0, 0.1) is 11.8 Å². The van der Waals surface area contributed by atoms with Crippen LogP contribution >= 0.6 is 0 Å². The molecule has 2 aromatic rings. The average Bonchev–Trinajstić information content (AvgIpc) is 3.50. The second-order valence-electron chi connectivity index (χ2n) is 8.21. The van der Waals surface area contributed by atoms with Gasteiger partial charge in [0.15, 0.2) is 23.0 Å². The Morgan fingerprint density at radius 1 is 0.886 bits per heavy atom. The molecule has 2 aromatic carbocycles. The molecular weight excluding hydrogens is 460 g/mol. The highest BCUT2D eigenvalue weighted by atomic mass is 16.7. The Morgan fingerprint density at radius 3 is 2.06 bits per heavy atom. The molecule has 0 bridgehead atoms. The molecule has 0 aliphatic carbocycles. The Kier molecular flexibility index (Phi) is 7.42. The minimum atomic E-state index is -0.560. The van der Waals surface area contributed by atoms with E-state index in [2.05, 4.69) is 0 Å². The summed E-state index contributed by atoms with van der Waals surface area (Å²) in [5, 5.41) is 10.4. The minimum Gasteiger partial charge on any atom is -0.493 e. The van der Waals surface area contributed by atoms with Gasteiger partial charge in [0.25, 0.3) is 0 Å². The van der Waals surface area contributed by atoms with Crippen molar-refractivity contribution < 1.29 is 47.8 Å². The van der Waals surface area contributed by atoms with Crippen molar-refractivity contribution in [1.82, 2.24) is 0 Å². The van der Waals surface area contributed by atoms with Gasteiger partial charge in [-0.15, -0.1) is 0 Å². The third-order valence-corrected chi connectivity index (χ3v) is 6.34. The van der Waals surface area contributed by atoms with E-state index in [0.717, 1.165) is 11.1 Å². The highest BCUT2D eigenvalue weighted by Crippen LogP contribution is 2.54. The molecule has 1 N–H and O–H groups in total. The quantitative estimate of drug-likeness (QED) is 0.527. The SMILES string of the molecule is COc1cc([C@H]2O[C@H](c3cc(OC)c4c(c3)OCO4)[C@@H](COC(C)=O)[C@@H]2CO)cc(OC)c1OC. The first-order valence-corrected chi connectivity index (χ1v) is 11.1. The first-order valence-electron chi connectivity index (χ1n) is 11.1. The number of carbonyl (C=O) groups excluding carboxylic acids is 1. The van der Waals surface area contributed by atoms with Gasteiger partial charge in [0.1, 0.15) is 0 Å². The Morgan fingerprint density at radius 2 is 1.49 bits per heavy atom. The summed E-state index contributed by atoms with van der Waals surface area (Å²) < 4.78 is 45.0. The zero-order valence-corrected chi connectivity index (χ0v) is 20.4. The summed E-state index contributed by atoms with van der Waals surface area (Å²) in [5.74, 6) is 1.75. The van der Waals surface area contributed by atoms with E-state index in [1.807, 2.05) is 12.1 Å². The molecule has 0 saturated carbocycles. The summed E-state index contributed by atoms with van der Waals surface area (Å²) in [6.45, 7) is 1.29. The van der Waals surface area contributed by atoms with Crippen LogP contribution in [0.5, 0.6) is 34.5 Å². The van der Waals surface area contributed by atoms with Crippen molar-refractivity contribution in [3.63, 3.8) is 0 Å². The molecule has 10 heteroatoms. The van der Waals surface area contributed by atoms with Gasteiger partial charge in [0.2, 0.25) is 18.3 Å². The van der Waals surface area contributed by atoms with Crippen LogP contribution < -0.4 is 28.4 Å². The summed E-state index contributed by atoms with van der Waals surface area (Å²) in [6.07, 6.45) is -1.10. The molecule has 4 atom stereocenters. The molecule has 0 amide bonds. The lowest BCUT2D eigenvalue weighted by Gasteiger charge is -2.23. The summed E-state index contributed by atoms with van der Waals surface area (Å²) >= 11 is 0. The molecule has 0 unspecified atom stereocenters. The lowest BCUT2D eigenvalue weighted by molar-refractivity contribution is -0.143. The van der Waals surface area contributed by atoms with Gasteiger partial charge in [-0.25, -0.2) is 0 Å². The van der Waals surface area contributed by atoms with E-state index in [1.165, 1.54) is 28.3 Å². The molecule has 4 rings (SSSR count). The summed E-state index contributed by atoms with van der Waals surface area (Å²) in [5.41, 5.74) is 1.47. The molecule has 1 fully saturated rings. The van der Waals surface area contributed by atoms with Crippen molar-refractivity contribution >= 4 is 5.97 Å². The zero-order chi connectivity index (χ0) is 25.1. The highest BCUT2D eigenvalue weighted by Gasteiger charge is 2.47. The molecule has 1 saturated heterocycles. The maximum Gasteiger partial charge on any atom is 0.302 e. The fraction of sp³-hybridized carbons (Fsp3) is 0.480. The molecule has 2 aliphatic heterocycles.